The number of nitrogens with two attached hydrogens (primary N) is 1. The fourth-order valence-electron chi connectivity index (χ4n) is 3.41. The first-order valence-corrected chi connectivity index (χ1v) is 11.5. The predicted molar refractivity (Wildman–Crippen MR) is 132 cm³/mol. The zero-order valence-corrected chi connectivity index (χ0v) is 19.8. The van der Waals surface area contributed by atoms with Gasteiger partial charge in [-0.05, 0) is 32.9 Å². The third-order valence-corrected chi connectivity index (χ3v) is 5.70. The molecular weight excluding hydrogens is 424 g/mol. The van der Waals surface area contributed by atoms with E-state index in [-0.39, 0.29) is 6.04 Å². The van der Waals surface area contributed by atoms with Crippen molar-refractivity contribution in [2.45, 2.75) is 24.8 Å². The van der Waals surface area contributed by atoms with Crippen LogP contribution in [0.3, 0.4) is 0 Å². The molecule has 0 amide bonds. The van der Waals surface area contributed by atoms with Crippen LogP contribution >= 0.6 is 11.8 Å². The number of ether oxygens (including phenoxy) is 1. The third kappa shape index (κ3) is 5.57. The van der Waals surface area contributed by atoms with Crippen LogP contribution in [0.15, 0.2) is 46.7 Å². The van der Waals surface area contributed by atoms with E-state index in [4.69, 9.17) is 15.5 Å². The van der Waals surface area contributed by atoms with Crippen LogP contribution in [-0.2, 0) is 11.8 Å². The van der Waals surface area contributed by atoms with Gasteiger partial charge in [0.2, 0.25) is 0 Å². The van der Waals surface area contributed by atoms with E-state index in [1.807, 2.05) is 57.0 Å². The largest absolute Gasteiger partial charge is 0.384 e. The lowest BCUT2D eigenvalue weighted by Gasteiger charge is -2.34. The molecule has 3 aromatic heterocycles. The van der Waals surface area contributed by atoms with E-state index in [1.54, 1.807) is 16.4 Å². The third-order valence-electron chi connectivity index (χ3n) is 5.01. The summed E-state index contributed by atoms with van der Waals surface area (Å²) in [5, 5.41) is 3.98. The standard InChI is InChI=1S/C17H22N6O.C5H8N2S/c1-4-12(13-5-6-20-16(13)19-3)17-21-14(18)9-15(22-17)23-7-8-24-10-11(23)2;1-7-4-5(8-2)3-6-7/h4-6,9,11,20H,3,7-8,10H2,1-2H3,(H2,18,21,22);3-4H,1-2H3/b12-4+;. The topological polar surface area (TPSA) is 110 Å². The summed E-state index contributed by atoms with van der Waals surface area (Å²) < 4.78 is 7.30. The fourth-order valence-corrected chi connectivity index (χ4v) is 3.82. The molecule has 10 heteroatoms. The Morgan fingerprint density at radius 2 is 2.25 bits per heavy atom. The van der Waals surface area contributed by atoms with E-state index in [0.29, 0.717) is 30.7 Å². The average molecular weight is 455 g/mol. The Labute approximate surface area is 192 Å². The van der Waals surface area contributed by atoms with Gasteiger partial charge in [-0.25, -0.2) is 15.0 Å². The van der Waals surface area contributed by atoms with Crippen LogP contribution < -0.4 is 10.6 Å². The molecule has 4 rings (SSSR count). The van der Waals surface area contributed by atoms with Crippen molar-refractivity contribution in [3.63, 3.8) is 0 Å². The number of H-pyrrole nitrogens is 1. The summed E-state index contributed by atoms with van der Waals surface area (Å²) in [5.41, 5.74) is 7.82. The molecule has 0 saturated carbocycles. The van der Waals surface area contributed by atoms with Gasteiger partial charge in [-0.3, -0.25) is 4.68 Å². The molecule has 3 N–H and O–H groups in total. The van der Waals surface area contributed by atoms with Crippen LogP contribution in [0.4, 0.5) is 17.5 Å². The predicted octanol–water partition coefficient (Wildman–Crippen LogP) is 3.54. The highest BCUT2D eigenvalue weighted by atomic mass is 32.2. The number of hydrogen-bond donors (Lipinski definition) is 2. The van der Waals surface area contributed by atoms with Gasteiger partial charge in [-0.2, -0.15) is 5.10 Å². The molecule has 0 aromatic carbocycles. The number of rotatable bonds is 5. The van der Waals surface area contributed by atoms with Crippen LogP contribution in [0.2, 0.25) is 0 Å². The maximum absolute atomic E-state index is 6.05. The molecule has 170 valence electrons. The molecule has 1 atom stereocenters. The Bertz CT molecular complexity index is 1070. The summed E-state index contributed by atoms with van der Waals surface area (Å²) in [6, 6.07) is 3.98. The van der Waals surface area contributed by atoms with Gasteiger partial charge >= 0.3 is 0 Å². The molecule has 3 aromatic rings. The van der Waals surface area contributed by atoms with Gasteiger partial charge in [0.15, 0.2) is 5.82 Å². The van der Waals surface area contributed by atoms with Crippen molar-refractivity contribution in [3.8, 4) is 0 Å². The van der Waals surface area contributed by atoms with Gasteiger partial charge < -0.3 is 20.4 Å². The number of anilines is 2. The Morgan fingerprint density at radius 1 is 1.44 bits per heavy atom. The molecule has 0 aliphatic carbocycles. The Balaban J connectivity index is 0.000000305. The summed E-state index contributed by atoms with van der Waals surface area (Å²) in [4.78, 5) is 19.6. The number of allylic oxidation sites excluding steroid dienone is 1. The zero-order valence-electron chi connectivity index (χ0n) is 18.9. The molecule has 1 fully saturated rings. The number of hydrogen-bond acceptors (Lipinski definition) is 8. The van der Waals surface area contributed by atoms with E-state index in [2.05, 4.69) is 38.6 Å². The molecule has 32 heavy (non-hydrogen) atoms. The molecular formula is C22H30N8OS. The highest BCUT2D eigenvalue weighted by Crippen LogP contribution is 2.30. The number of nitrogen functional groups attached to an aromatic ring is 1. The summed E-state index contributed by atoms with van der Waals surface area (Å²) >= 11 is 1.71. The van der Waals surface area contributed by atoms with Crippen LogP contribution in [0.1, 0.15) is 25.2 Å². The molecule has 0 bridgehead atoms. The van der Waals surface area contributed by atoms with E-state index >= 15 is 0 Å². The number of aromatic amines is 1. The number of thioether (sulfide) groups is 1. The molecule has 0 spiro atoms. The Hall–Kier alpha value is -3.11. The number of aliphatic imine (C=N–C) groups is 1. The fraction of sp³-hybridized carbons (Fsp3) is 0.364. The second-order valence-corrected chi connectivity index (χ2v) is 8.13. The van der Waals surface area contributed by atoms with E-state index in [9.17, 15) is 0 Å². The molecule has 1 saturated heterocycles. The van der Waals surface area contributed by atoms with E-state index < -0.39 is 0 Å². The summed E-state index contributed by atoms with van der Waals surface area (Å²) in [5.74, 6) is 2.53. The molecule has 1 aliphatic heterocycles. The first kappa shape index (κ1) is 23.6. The minimum absolute atomic E-state index is 0.243. The summed E-state index contributed by atoms with van der Waals surface area (Å²) in [6.07, 6.45) is 9.66. The average Bonchev–Trinajstić information content (AvgIpc) is 3.43. The van der Waals surface area contributed by atoms with Crippen molar-refractivity contribution in [2.75, 3.05) is 36.6 Å². The van der Waals surface area contributed by atoms with Gasteiger partial charge in [0.05, 0.1) is 25.5 Å². The van der Waals surface area contributed by atoms with Crippen molar-refractivity contribution in [3.05, 3.63) is 48.2 Å². The van der Waals surface area contributed by atoms with Crippen molar-refractivity contribution < 1.29 is 4.74 Å². The Morgan fingerprint density at radius 3 is 2.84 bits per heavy atom. The number of nitrogens with zero attached hydrogens (tertiary/aromatic N) is 6. The first-order chi connectivity index (χ1) is 15.5. The minimum atomic E-state index is 0.243. The highest BCUT2D eigenvalue weighted by Gasteiger charge is 2.22. The van der Waals surface area contributed by atoms with Gasteiger partial charge in [0, 0.05) is 48.1 Å². The van der Waals surface area contributed by atoms with Crippen molar-refractivity contribution >= 4 is 41.5 Å². The molecule has 1 unspecified atom stereocenters. The maximum Gasteiger partial charge on any atom is 0.164 e. The number of aromatic nitrogens is 5. The monoisotopic (exact) mass is 454 g/mol. The molecule has 4 heterocycles. The van der Waals surface area contributed by atoms with Crippen molar-refractivity contribution in [2.24, 2.45) is 12.0 Å². The first-order valence-electron chi connectivity index (χ1n) is 10.3. The van der Waals surface area contributed by atoms with Crippen LogP contribution in [0.5, 0.6) is 0 Å². The van der Waals surface area contributed by atoms with E-state index in [0.717, 1.165) is 23.5 Å². The van der Waals surface area contributed by atoms with Crippen LogP contribution in [-0.4, -0.2) is 63.5 Å². The molecule has 9 nitrogen and oxygen atoms in total. The lowest BCUT2D eigenvalue weighted by molar-refractivity contribution is 0.0985. The second kappa shape index (κ2) is 11.0. The smallest absolute Gasteiger partial charge is 0.164 e. The lowest BCUT2D eigenvalue weighted by atomic mass is 10.1. The molecule has 0 radical (unpaired) electrons. The van der Waals surface area contributed by atoms with Gasteiger partial charge in [0.25, 0.3) is 0 Å². The lowest BCUT2D eigenvalue weighted by Crippen LogP contribution is -2.44. The minimum Gasteiger partial charge on any atom is -0.384 e. The summed E-state index contributed by atoms with van der Waals surface area (Å²) in [6.45, 7) is 9.80. The summed E-state index contributed by atoms with van der Waals surface area (Å²) in [7, 11) is 1.92. The Kier molecular flexibility index (Phi) is 8.07. The van der Waals surface area contributed by atoms with Gasteiger partial charge in [-0.1, -0.05) is 6.08 Å². The van der Waals surface area contributed by atoms with Crippen LogP contribution in [0, 0.1) is 0 Å². The van der Waals surface area contributed by atoms with Gasteiger partial charge in [0.1, 0.15) is 17.5 Å². The van der Waals surface area contributed by atoms with Crippen LogP contribution in [0.25, 0.3) is 5.57 Å². The number of nitrogens with one attached hydrogen (secondary N) is 1. The number of aryl methyl sites for hydroxylation is 1. The van der Waals surface area contributed by atoms with Crippen molar-refractivity contribution in [1.82, 2.24) is 24.7 Å². The van der Waals surface area contributed by atoms with Gasteiger partial charge in [-0.15, -0.1) is 11.8 Å². The second-order valence-electron chi connectivity index (χ2n) is 7.25. The van der Waals surface area contributed by atoms with Crippen molar-refractivity contribution in [1.29, 1.82) is 0 Å². The molecule has 1 aliphatic rings. The normalized spacial score (nSPS) is 16.4. The quantitative estimate of drug-likeness (QED) is 0.448. The SMILES string of the molecule is C=Nc1[nH]ccc1/C(=C\C)c1nc(N)cc(N2CCOCC2C)n1.CSc1cnn(C)c1. The maximum atomic E-state index is 6.05. The number of morpholine rings is 1. The highest BCUT2D eigenvalue weighted by molar-refractivity contribution is 7.98. The van der Waals surface area contributed by atoms with E-state index in [1.165, 1.54) is 4.90 Å². The zero-order chi connectivity index (χ0) is 23.1.